The summed E-state index contributed by atoms with van der Waals surface area (Å²) < 4.78 is 6.17. The number of hydrogen-bond donors (Lipinski definition) is 1. The zero-order valence-corrected chi connectivity index (χ0v) is 10.7. The molecule has 88 valence electrons. The van der Waals surface area contributed by atoms with Crippen molar-refractivity contribution in [3.05, 3.63) is 34.4 Å². The molecule has 1 aromatic heterocycles. The van der Waals surface area contributed by atoms with Crippen molar-refractivity contribution < 1.29 is 14.6 Å². The van der Waals surface area contributed by atoms with Crippen LogP contribution in [0.15, 0.2) is 28.7 Å². The standard InChI is InChI=1S/C12H10BrNO3/c1-7-4-11(17-6-12(15)16)9-3-2-8(13)5-10(9)14-7/h2-5H,6H2,1H3,(H,15,16). The number of nitrogens with zero attached hydrogens (tertiary/aromatic N) is 1. The van der Waals surface area contributed by atoms with E-state index in [1.54, 1.807) is 6.07 Å². The average Bonchev–Trinajstić information content (AvgIpc) is 2.24. The summed E-state index contributed by atoms with van der Waals surface area (Å²) in [5, 5.41) is 9.42. The van der Waals surface area contributed by atoms with Crippen LogP contribution in [0.3, 0.4) is 0 Å². The second-order valence-corrected chi connectivity index (χ2v) is 4.52. The number of aromatic nitrogens is 1. The molecular weight excluding hydrogens is 286 g/mol. The Balaban J connectivity index is 2.50. The van der Waals surface area contributed by atoms with Gasteiger partial charge in [-0.25, -0.2) is 4.79 Å². The fourth-order valence-corrected chi connectivity index (χ4v) is 1.90. The highest BCUT2D eigenvalue weighted by molar-refractivity contribution is 9.10. The molecule has 5 heteroatoms. The van der Waals surface area contributed by atoms with Gasteiger partial charge in [-0.1, -0.05) is 15.9 Å². The van der Waals surface area contributed by atoms with Gasteiger partial charge in [0.25, 0.3) is 0 Å². The number of aliphatic carboxylic acids is 1. The van der Waals surface area contributed by atoms with Crippen LogP contribution in [0, 0.1) is 6.92 Å². The van der Waals surface area contributed by atoms with Crippen LogP contribution in [0.2, 0.25) is 0 Å². The number of carboxylic acids is 1. The Kier molecular flexibility index (Phi) is 3.28. The molecule has 0 aliphatic carbocycles. The average molecular weight is 296 g/mol. The number of pyridine rings is 1. The van der Waals surface area contributed by atoms with Crippen molar-refractivity contribution in [1.29, 1.82) is 0 Å². The van der Waals surface area contributed by atoms with Gasteiger partial charge >= 0.3 is 5.97 Å². The van der Waals surface area contributed by atoms with Crippen molar-refractivity contribution in [3.63, 3.8) is 0 Å². The molecule has 0 bridgehead atoms. The predicted octanol–water partition coefficient (Wildman–Crippen LogP) is 2.77. The zero-order valence-electron chi connectivity index (χ0n) is 9.11. The third-order valence-corrected chi connectivity index (χ3v) is 2.71. The van der Waals surface area contributed by atoms with Crippen LogP contribution in [0.1, 0.15) is 5.69 Å². The smallest absolute Gasteiger partial charge is 0.341 e. The largest absolute Gasteiger partial charge is 0.481 e. The molecule has 0 saturated heterocycles. The number of halogens is 1. The summed E-state index contributed by atoms with van der Waals surface area (Å²) in [7, 11) is 0. The first-order chi connectivity index (χ1) is 8.06. The molecule has 0 radical (unpaired) electrons. The number of ether oxygens (including phenoxy) is 1. The van der Waals surface area contributed by atoms with Gasteiger partial charge in [-0.2, -0.15) is 0 Å². The summed E-state index contributed by atoms with van der Waals surface area (Å²) in [4.78, 5) is 14.9. The van der Waals surface area contributed by atoms with Crippen molar-refractivity contribution in [3.8, 4) is 5.75 Å². The summed E-state index contributed by atoms with van der Waals surface area (Å²) in [6, 6.07) is 7.32. The van der Waals surface area contributed by atoms with Gasteiger partial charge in [0.2, 0.25) is 0 Å². The van der Waals surface area contributed by atoms with Gasteiger partial charge < -0.3 is 9.84 Å². The van der Waals surface area contributed by atoms with Crippen molar-refractivity contribution in [2.45, 2.75) is 6.92 Å². The Morgan fingerprint density at radius 1 is 1.47 bits per heavy atom. The maximum atomic E-state index is 10.5. The van der Waals surface area contributed by atoms with E-state index in [0.29, 0.717) is 5.75 Å². The van der Waals surface area contributed by atoms with Crippen LogP contribution < -0.4 is 4.74 Å². The maximum absolute atomic E-state index is 10.5. The van der Waals surface area contributed by atoms with Crippen LogP contribution in [0.4, 0.5) is 0 Å². The van der Waals surface area contributed by atoms with Crippen LogP contribution in [-0.2, 0) is 4.79 Å². The van der Waals surface area contributed by atoms with E-state index in [1.807, 2.05) is 25.1 Å². The van der Waals surface area contributed by atoms with Gasteiger partial charge in [-0.15, -0.1) is 0 Å². The van der Waals surface area contributed by atoms with Crippen LogP contribution in [0.25, 0.3) is 10.9 Å². The molecule has 0 unspecified atom stereocenters. The van der Waals surface area contributed by atoms with Gasteiger partial charge in [0.15, 0.2) is 6.61 Å². The van der Waals surface area contributed by atoms with Gasteiger partial charge in [-0.05, 0) is 25.1 Å². The van der Waals surface area contributed by atoms with E-state index in [1.165, 1.54) is 0 Å². The van der Waals surface area contributed by atoms with Gasteiger partial charge in [0.05, 0.1) is 5.52 Å². The second kappa shape index (κ2) is 4.71. The predicted molar refractivity (Wildman–Crippen MR) is 67.3 cm³/mol. The monoisotopic (exact) mass is 295 g/mol. The lowest BCUT2D eigenvalue weighted by molar-refractivity contribution is -0.139. The second-order valence-electron chi connectivity index (χ2n) is 3.61. The first-order valence-corrected chi connectivity index (χ1v) is 5.77. The topological polar surface area (TPSA) is 59.4 Å². The molecule has 0 aliphatic heterocycles. The quantitative estimate of drug-likeness (QED) is 0.946. The van der Waals surface area contributed by atoms with E-state index in [-0.39, 0.29) is 6.61 Å². The number of carbonyl (C=O) groups is 1. The van der Waals surface area contributed by atoms with Crippen LogP contribution in [-0.4, -0.2) is 22.7 Å². The number of carboxylic acid groups (broad SMARTS) is 1. The highest BCUT2D eigenvalue weighted by atomic mass is 79.9. The molecule has 1 N–H and O–H groups in total. The number of hydrogen-bond acceptors (Lipinski definition) is 3. The summed E-state index contributed by atoms with van der Waals surface area (Å²) in [6.45, 7) is 1.49. The molecule has 17 heavy (non-hydrogen) atoms. The van der Waals surface area contributed by atoms with Crippen LogP contribution in [0.5, 0.6) is 5.75 Å². The molecule has 1 aromatic carbocycles. The summed E-state index contributed by atoms with van der Waals surface area (Å²) >= 11 is 3.37. The third-order valence-electron chi connectivity index (χ3n) is 2.21. The SMILES string of the molecule is Cc1cc(OCC(=O)O)c2ccc(Br)cc2n1. The molecule has 1 heterocycles. The van der Waals surface area contributed by atoms with Crippen molar-refractivity contribution in [2.24, 2.45) is 0 Å². The van der Waals surface area contributed by atoms with E-state index in [9.17, 15) is 4.79 Å². The Morgan fingerprint density at radius 2 is 2.24 bits per heavy atom. The lowest BCUT2D eigenvalue weighted by Crippen LogP contribution is -2.09. The highest BCUT2D eigenvalue weighted by Crippen LogP contribution is 2.27. The van der Waals surface area contributed by atoms with E-state index in [4.69, 9.17) is 9.84 Å². The number of rotatable bonds is 3. The number of fused-ring (bicyclic) bond motifs is 1. The number of benzene rings is 1. The number of aryl methyl sites for hydroxylation is 1. The Morgan fingerprint density at radius 3 is 2.94 bits per heavy atom. The maximum Gasteiger partial charge on any atom is 0.341 e. The Bertz CT molecular complexity index is 578. The molecular formula is C12H10BrNO3. The molecule has 2 aromatic rings. The summed E-state index contributed by atoms with van der Waals surface area (Å²) in [5.41, 5.74) is 1.57. The minimum atomic E-state index is -0.996. The summed E-state index contributed by atoms with van der Waals surface area (Å²) in [5.74, 6) is -0.452. The minimum absolute atomic E-state index is 0.353. The highest BCUT2D eigenvalue weighted by Gasteiger charge is 2.07. The van der Waals surface area contributed by atoms with Gasteiger partial charge in [0, 0.05) is 21.6 Å². The van der Waals surface area contributed by atoms with Crippen LogP contribution >= 0.6 is 15.9 Å². The van der Waals surface area contributed by atoms with E-state index in [0.717, 1.165) is 21.1 Å². The lowest BCUT2D eigenvalue weighted by atomic mass is 10.2. The van der Waals surface area contributed by atoms with Gasteiger partial charge in [-0.3, -0.25) is 4.98 Å². The molecule has 4 nitrogen and oxygen atoms in total. The van der Waals surface area contributed by atoms with Gasteiger partial charge in [0.1, 0.15) is 5.75 Å². The van der Waals surface area contributed by atoms with Crippen molar-refractivity contribution >= 4 is 32.8 Å². The molecule has 0 atom stereocenters. The normalized spacial score (nSPS) is 10.5. The van der Waals surface area contributed by atoms with E-state index in [2.05, 4.69) is 20.9 Å². The lowest BCUT2D eigenvalue weighted by Gasteiger charge is -2.08. The molecule has 0 spiro atoms. The zero-order chi connectivity index (χ0) is 12.4. The minimum Gasteiger partial charge on any atom is -0.481 e. The summed E-state index contributed by atoms with van der Waals surface area (Å²) in [6.07, 6.45) is 0. The van der Waals surface area contributed by atoms with E-state index >= 15 is 0 Å². The fraction of sp³-hybridized carbons (Fsp3) is 0.167. The molecule has 2 rings (SSSR count). The fourth-order valence-electron chi connectivity index (χ4n) is 1.55. The molecule has 0 fully saturated rings. The van der Waals surface area contributed by atoms with E-state index < -0.39 is 5.97 Å². The van der Waals surface area contributed by atoms with Crippen molar-refractivity contribution in [1.82, 2.24) is 4.98 Å². The Hall–Kier alpha value is -1.62. The third kappa shape index (κ3) is 2.74. The Labute approximate surface area is 106 Å². The first-order valence-electron chi connectivity index (χ1n) is 4.98. The molecule has 0 aliphatic rings. The first kappa shape index (κ1) is 11.9. The van der Waals surface area contributed by atoms with Crippen molar-refractivity contribution in [2.75, 3.05) is 6.61 Å². The molecule has 0 saturated carbocycles. The molecule has 0 amide bonds.